The van der Waals surface area contributed by atoms with Gasteiger partial charge in [-0.3, -0.25) is 0 Å². The lowest BCUT2D eigenvalue weighted by Crippen LogP contribution is -2.11. The molecule has 0 aliphatic heterocycles. The van der Waals surface area contributed by atoms with Crippen molar-refractivity contribution in [1.29, 1.82) is 0 Å². The minimum absolute atomic E-state index is 0.409. The molecule has 0 bridgehead atoms. The molecule has 0 saturated heterocycles. The zero-order valence-corrected chi connectivity index (χ0v) is 10.4. The van der Waals surface area contributed by atoms with Crippen LogP contribution in [0.3, 0.4) is 0 Å². The lowest BCUT2D eigenvalue weighted by Gasteiger charge is -2.23. The van der Waals surface area contributed by atoms with E-state index in [2.05, 4.69) is 6.92 Å². The van der Waals surface area contributed by atoms with E-state index >= 15 is 0 Å². The molecule has 0 aromatic heterocycles. The highest BCUT2D eigenvalue weighted by Crippen LogP contribution is 2.29. The van der Waals surface area contributed by atoms with E-state index in [1.54, 1.807) is 0 Å². The van der Waals surface area contributed by atoms with Gasteiger partial charge in [-0.05, 0) is 24.7 Å². The number of rotatable bonds is 7. The minimum Gasteiger partial charge on any atom is -0.396 e. The number of aliphatic hydroxyl groups excluding tert-OH is 1. The van der Waals surface area contributed by atoms with Gasteiger partial charge in [-0.1, -0.05) is 58.3 Å². The molecule has 0 spiro atoms. The molecule has 1 saturated carbocycles. The van der Waals surface area contributed by atoms with Gasteiger partial charge in [0.2, 0.25) is 0 Å². The summed E-state index contributed by atoms with van der Waals surface area (Å²) in [6, 6.07) is 0. The average Bonchev–Trinajstić information content (AvgIpc) is 2.31. The molecule has 1 nitrogen and oxygen atoms in total. The van der Waals surface area contributed by atoms with Crippen LogP contribution >= 0.6 is 0 Å². The molecule has 0 aromatic rings. The van der Waals surface area contributed by atoms with Gasteiger partial charge in [0.25, 0.3) is 0 Å². The molecule has 90 valence electrons. The van der Waals surface area contributed by atoms with Gasteiger partial charge in [0.1, 0.15) is 0 Å². The van der Waals surface area contributed by atoms with Crippen molar-refractivity contribution in [2.75, 3.05) is 6.61 Å². The zero-order chi connectivity index (χ0) is 10.9. The summed E-state index contributed by atoms with van der Waals surface area (Å²) in [6.07, 6.45) is 13.7. The average molecular weight is 212 g/mol. The van der Waals surface area contributed by atoms with Gasteiger partial charge in [-0.25, -0.2) is 0 Å². The second kappa shape index (κ2) is 8.15. The lowest BCUT2D eigenvalue weighted by atomic mass is 9.83. The molecule has 1 aliphatic carbocycles. The van der Waals surface area contributed by atoms with Gasteiger partial charge in [0.15, 0.2) is 0 Å². The van der Waals surface area contributed by atoms with Gasteiger partial charge in [0, 0.05) is 6.61 Å². The maximum atomic E-state index is 9.28. The van der Waals surface area contributed by atoms with Crippen LogP contribution in [-0.2, 0) is 0 Å². The quantitative estimate of drug-likeness (QED) is 0.672. The Kier molecular flexibility index (Phi) is 7.08. The Bertz CT molecular complexity index is 138. The number of aliphatic hydroxyl groups is 1. The van der Waals surface area contributed by atoms with Gasteiger partial charge in [-0.2, -0.15) is 0 Å². The Hall–Kier alpha value is -0.0400. The van der Waals surface area contributed by atoms with Crippen molar-refractivity contribution in [3.63, 3.8) is 0 Å². The van der Waals surface area contributed by atoms with E-state index in [4.69, 9.17) is 0 Å². The third-order valence-corrected chi connectivity index (χ3v) is 3.93. The Morgan fingerprint density at radius 2 is 1.87 bits per heavy atom. The maximum absolute atomic E-state index is 9.28. The molecule has 1 rings (SSSR count). The fraction of sp³-hybridized carbons (Fsp3) is 1.00. The van der Waals surface area contributed by atoms with Crippen molar-refractivity contribution in [2.24, 2.45) is 11.8 Å². The van der Waals surface area contributed by atoms with Crippen LogP contribution in [0.2, 0.25) is 0 Å². The smallest absolute Gasteiger partial charge is 0.0459 e. The summed E-state index contributed by atoms with van der Waals surface area (Å²) in [5.74, 6) is 1.57. The fourth-order valence-electron chi connectivity index (χ4n) is 2.77. The summed E-state index contributed by atoms with van der Waals surface area (Å²) in [5, 5.41) is 9.28. The van der Waals surface area contributed by atoms with Crippen LogP contribution in [0.4, 0.5) is 0 Å². The topological polar surface area (TPSA) is 20.2 Å². The monoisotopic (exact) mass is 212 g/mol. The first-order valence-electron chi connectivity index (χ1n) is 6.97. The Morgan fingerprint density at radius 1 is 1.13 bits per heavy atom. The highest BCUT2D eigenvalue weighted by Gasteiger charge is 2.15. The molecule has 0 radical (unpaired) electrons. The van der Waals surface area contributed by atoms with E-state index in [9.17, 15) is 5.11 Å². The standard InChI is InChI=1S/C14H28O/c1-2-3-7-14(12-15)11-10-13-8-5-4-6-9-13/h13-15H,2-12H2,1H3. The van der Waals surface area contributed by atoms with Crippen molar-refractivity contribution in [1.82, 2.24) is 0 Å². The van der Waals surface area contributed by atoms with Gasteiger partial charge >= 0.3 is 0 Å². The zero-order valence-electron chi connectivity index (χ0n) is 10.4. The van der Waals surface area contributed by atoms with Crippen LogP contribution in [0.25, 0.3) is 0 Å². The molecular formula is C14H28O. The van der Waals surface area contributed by atoms with E-state index in [1.165, 1.54) is 64.2 Å². The van der Waals surface area contributed by atoms with Gasteiger partial charge < -0.3 is 5.11 Å². The van der Waals surface area contributed by atoms with Crippen molar-refractivity contribution < 1.29 is 5.11 Å². The van der Waals surface area contributed by atoms with Crippen molar-refractivity contribution in [3.05, 3.63) is 0 Å². The van der Waals surface area contributed by atoms with E-state index in [-0.39, 0.29) is 0 Å². The number of hydrogen-bond donors (Lipinski definition) is 1. The van der Waals surface area contributed by atoms with E-state index in [0.717, 1.165) is 5.92 Å². The van der Waals surface area contributed by atoms with Crippen LogP contribution < -0.4 is 0 Å². The molecule has 0 amide bonds. The first-order valence-corrected chi connectivity index (χ1v) is 6.97. The van der Waals surface area contributed by atoms with Crippen molar-refractivity contribution in [2.45, 2.75) is 71.1 Å². The molecule has 1 atom stereocenters. The third-order valence-electron chi connectivity index (χ3n) is 3.93. The van der Waals surface area contributed by atoms with E-state index in [1.807, 2.05) is 0 Å². The van der Waals surface area contributed by atoms with Gasteiger partial charge in [0.05, 0.1) is 0 Å². The Morgan fingerprint density at radius 3 is 2.47 bits per heavy atom. The van der Waals surface area contributed by atoms with E-state index < -0.39 is 0 Å². The molecule has 1 N–H and O–H groups in total. The molecular weight excluding hydrogens is 184 g/mol. The number of hydrogen-bond acceptors (Lipinski definition) is 1. The first kappa shape index (κ1) is 13.0. The second-order valence-corrected chi connectivity index (χ2v) is 5.27. The summed E-state index contributed by atoms with van der Waals surface area (Å²) in [7, 11) is 0. The Labute approximate surface area is 95.3 Å². The first-order chi connectivity index (χ1) is 7.36. The van der Waals surface area contributed by atoms with Crippen LogP contribution in [-0.4, -0.2) is 11.7 Å². The molecule has 15 heavy (non-hydrogen) atoms. The summed E-state index contributed by atoms with van der Waals surface area (Å²) in [5.41, 5.74) is 0. The summed E-state index contributed by atoms with van der Waals surface area (Å²) in [4.78, 5) is 0. The number of unbranched alkanes of at least 4 members (excludes halogenated alkanes) is 1. The van der Waals surface area contributed by atoms with Crippen LogP contribution in [0.15, 0.2) is 0 Å². The van der Waals surface area contributed by atoms with Crippen molar-refractivity contribution >= 4 is 0 Å². The molecule has 1 fully saturated rings. The lowest BCUT2D eigenvalue weighted by molar-refractivity contribution is 0.193. The molecule has 1 heteroatoms. The van der Waals surface area contributed by atoms with E-state index in [0.29, 0.717) is 12.5 Å². The summed E-state index contributed by atoms with van der Waals surface area (Å²) in [6.45, 7) is 2.64. The predicted octanol–water partition coefficient (Wildman–Crippen LogP) is 4.15. The summed E-state index contributed by atoms with van der Waals surface area (Å²) < 4.78 is 0. The minimum atomic E-state index is 0.409. The molecule has 0 heterocycles. The summed E-state index contributed by atoms with van der Waals surface area (Å²) >= 11 is 0. The molecule has 0 aromatic carbocycles. The molecule has 1 unspecified atom stereocenters. The Balaban J connectivity index is 2.09. The molecule has 1 aliphatic rings. The maximum Gasteiger partial charge on any atom is 0.0459 e. The van der Waals surface area contributed by atoms with Crippen LogP contribution in [0, 0.1) is 11.8 Å². The highest BCUT2D eigenvalue weighted by atomic mass is 16.3. The van der Waals surface area contributed by atoms with Crippen molar-refractivity contribution in [3.8, 4) is 0 Å². The normalized spacial score (nSPS) is 20.4. The van der Waals surface area contributed by atoms with Crippen LogP contribution in [0.5, 0.6) is 0 Å². The SMILES string of the molecule is CCCCC(CO)CCC1CCCCC1. The largest absolute Gasteiger partial charge is 0.396 e. The fourth-order valence-corrected chi connectivity index (χ4v) is 2.77. The highest BCUT2D eigenvalue weighted by molar-refractivity contribution is 4.68. The van der Waals surface area contributed by atoms with Crippen LogP contribution in [0.1, 0.15) is 71.1 Å². The second-order valence-electron chi connectivity index (χ2n) is 5.27. The predicted molar refractivity (Wildman–Crippen MR) is 65.9 cm³/mol. The van der Waals surface area contributed by atoms with Gasteiger partial charge in [-0.15, -0.1) is 0 Å². The third kappa shape index (κ3) is 5.55.